The molecule has 0 atom stereocenters. The summed E-state index contributed by atoms with van der Waals surface area (Å²) in [5.74, 6) is 0.215. The average Bonchev–Trinajstić information content (AvgIpc) is 2.63. The van der Waals surface area contributed by atoms with E-state index in [0.717, 1.165) is 5.56 Å². The molecular formula is C19H24N2O4S. The maximum Gasteiger partial charge on any atom is 0.261 e. The van der Waals surface area contributed by atoms with Gasteiger partial charge in [0.1, 0.15) is 5.75 Å². The normalized spacial score (nSPS) is 11.0. The molecule has 6 nitrogen and oxygen atoms in total. The van der Waals surface area contributed by atoms with Crippen LogP contribution in [0.2, 0.25) is 0 Å². The summed E-state index contributed by atoms with van der Waals surface area (Å²) in [5, 5.41) is 2.69. The zero-order chi connectivity index (χ0) is 19.2. The number of carbonyl (C=O) groups excluding carboxylic acids is 1. The molecule has 140 valence electrons. The second kappa shape index (κ2) is 8.71. The van der Waals surface area contributed by atoms with Crippen molar-refractivity contribution in [3.63, 3.8) is 0 Å². The number of hydrogen-bond donors (Lipinski definition) is 2. The molecule has 0 unspecified atom stereocenters. The van der Waals surface area contributed by atoms with E-state index in [-0.39, 0.29) is 17.2 Å². The monoisotopic (exact) mass is 376 g/mol. The van der Waals surface area contributed by atoms with E-state index in [1.54, 1.807) is 25.1 Å². The number of sulfonamides is 1. The fourth-order valence-corrected chi connectivity index (χ4v) is 3.55. The van der Waals surface area contributed by atoms with Gasteiger partial charge in [0, 0.05) is 6.42 Å². The third-order valence-corrected chi connectivity index (χ3v) is 5.16. The predicted molar refractivity (Wildman–Crippen MR) is 103 cm³/mol. The van der Waals surface area contributed by atoms with E-state index in [2.05, 4.69) is 10.0 Å². The van der Waals surface area contributed by atoms with Crippen molar-refractivity contribution >= 4 is 27.3 Å². The molecule has 2 rings (SSSR count). The van der Waals surface area contributed by atoms with Crippen molar-refractivity contribution in [2.45, 2.75) is 38.5 Å². The van der Waals surface area contributed by atoms with E-state index in [0.29, 0.717) is 30.2 Å². The number of amides is 1. The van der Waals surface area contributed by atoms with Crippen molar-refractivity contribution in [3.8, 4) is 5.75 Å². The number of para-hydroxylation sites is 1. The Hall–Kier alpha value is -2.54. The molecule has 0 aliphatic carbocycles. The number of aryl methyl sites for hydroxylation is 1. The molecule has 0 spiro atoms. The highest BCUT2D eigenvalue weighted by molar-refractivity contribution is 7.92. The molecule has 0 aliphatic heterocycles. The van der Waals surface area contributed by atoms with Crippen molar-refractivity contribution in [1.82, 2.24) is 0 Å². The molecule has 0 saturated carbocycles. The first-order valence-electron chi connectivity index (χ1n) is 8.58. The lowest BCUT2D eigenvalue weighted by Crippen LogP contribution is -2.16. The van der Waals surface area contributed by atoms with Crippen LogP contribution in [-0.4, -0.2) is 20.9 Å². The van der Waals surface area contributed by atoms with Gasteiger partial charge in [0.15, 0.2) is 0 Å². The number of rotatable bonds is 8. The van der Waals surface area contributed by atoms with E-state index in [9.17, 15) is 13.2 Å². The minimum absolute atomic E-state index is 0.0539. The van der Waals surface area contributed by atoms with Crippen LogP contribution < -0.4 is 14.8 Å². The van der Waals surface area contributed by atoms with Crippen LogP contribution in [0.3, 0.4) is 0 Å². The SMILES string of the molecule is CCOc1ccc(S(=O)(=O)Nc2ccccc2CC)cc1NC(=O)CC. The van der Waals surface area contributed by atoms with Gasteiger partial charge in [-0.3, -0.25) is 9.52 Å². The highest BCUT2D eigenvalue weighted by Crippen LogP contribution is 2.29. The topological polar surface area (TPSA) is 84.5 Å². The zero-order valence-corrected chi connectivity index (χ0v) is 16.0. The van der Waals surface area contributed by atoms with Crippen LogP contribution in [0.4, 0.5) is 11.4 Å². The van der Waals surface area contributed by atoms with Gasteiger partial charge in [-0.15, -0.1) is 0 Å². The second-order valence-corrected chi connectivity index (χ2v) is 7.29. The van der Waals surface area contributed by atoms with Crippen molar-refractivity contribution in [2.75, 3.05) is 16.6 Å². The van der Waals surface area contributed by atoms with Crippen molar-refractivity contribution in [3.05, 3.63) is 48.0 Å². The maximum atomic E-state index is 12.8. The predicted octanol–water partition coefficient (Wildman–Crippen LogP) is 3.80. The minimum Gasteiger partial charge on any atom is -0.492 e. The number of hydrogen-bond acceptors (Lipinski definition) is 4. The van der Waals surface area contributed by atoms with Gasteiger partial charge >= 0.3 is 0 Å². The summed E-state index contributed by atoms with van der Waals surface area (Å²) in [4.78, 5) is 11.8. The summed E-state index contributed by atoms with van der Waals surface area (Å²) in [7, 11) is -3.80. The molecule has 2 aromatic rings. The van der Waals surface area contributed by atoms with Gasteiger partial charge < -0.3 is 10.1 Å². The minimum atomic E-state index is -3.80. The summed E-state index contributed by atoms with van der Waals surface area (Å²) in [6.45, 7) is 5.91. The van der Waals surface area contributed by atoms with Crippen LogP contribution in [0.1, 0.15) is 32.8 Å². The first-order chi connectivity index (χ1) is 12.4. The van der Waals surface area contributed by atoms with Gasteiger partial charge in [0.2, 0.25) is 5.91 Å². The number of carbonyl (C=O) groups is 1. The Labute approximate surface area is 154 Å². The molecule has 7 heteroatoms. The van der Waals surface area contributed by atoms with Crippen LogP contribution in [0.5, 0.6) is 5.75 Å². The second-order valence-electron chi connectivity index (χ2n) is 5.61. The summed E-state index contributed by atoms with van der Waals surface area (Å²) in [6, 6.07) is 11.7. The van der Waals surface area contributed by atoms with E-state index < -0.39 is 10.0 Å². The maximum absolute atomic E-state index is 12.8. The van der Waals surface area contributed by atoms with E-state index in [1.165, 1.54) is 12.1 Å². The van der Waals surface area contributed by atoms with Gasteiger partial charge in [-0.2, -0.15) is 0 Å². The smallest absolute Gasteiger partial charge is 0.261 e. The first kappa shape index (κ1) is 19.8. The van der Waals surface area contributed by atoms with Gasteiger partial charge in [0.25, 0.3) is 10.0 Å². The molecule has 2 aromatic carbocycles. The van der Waals surface area contributed by atoms with E-state index in [1.807, 2.05) is 26.0 Å². The van der Waals surface area contributed by atoms with E-state index >= 15 is 0 Å². The lowest BCUT2D eigenvalue weighted by molar-refractivity contribution is -0.115. The Morgan fingerprint density at radius 2 is 1.77 bits per heavy atom. The molecule has 0 radical (unpaired) electrons. The van der Waals surface area contributed by atoms with Crippen molar-refractivity contribution in [1.29, 1.82) is 0 Å². The third-order valence-electron chi connectivity index (χ3n) is 3.80. The lowest BCUT2D eigenvalue weighted by atomic mass is 10.1. The molecule has 0 aromatic heterocycles. The molecule has 2 N–H and O–H groups in total. The summed E-state index contributed by atoms with van der Waals surface area (Å²) >= 11 is 0. The van der Waals surface area contributed by atoms with Crippen LogP contribution in [-0.2, 0) is 21.2 Å². The van der Waals surface area contributed by atoms with Crippen LogP contribution in [0, 0.1) is 0 Å². The van der Waals surface area contributed by atoms with Crippen LogP contribution in [0.15, 0.2) is 47.4 Å². The Morgan fingerprint density at radius 1 is 1.04 bits per heavy atom. The zero-order valence-electron chi connectivity index (χ0n) is 15.2. The van der Waals surface area contributed by atoms with Gasteiger partial charge in [-0.05, 0) is 43.2 Å². The van der Waals surface area contributed by atoms with Gasteiger partial charge in [-0.1, -0.05) is 32.0 Å². The summed E-state index contributed by atoms with van der Waals surface area (Å²) < 4.78 is 33.7. The fourth-order valence-electron chi connectivity index (χ4n) is 2.43. The average molecular weight is 376 g/mol. The Morgan fingerprint density at radius 3 is 2.42 bits per heavy atom. The summed E-state index contributed by atoms with van der Waals surface area (Å²) in [5.41, 5.74) is 1.79. The fraction of sp³-hybridized carbons (Fsp3) is 0.316. The third kappa shape index (κ3) is 4.76. The Balaban J connectivity index is 2.39. The van der Waals surface area contributed by atoms with Crippen LogP contribution in [0.25, 0.3) is 0 Å². The molecule has 26 heavy (non-hydrogen) atoms. The number of ether oxygens (including phenoxy) is 1. The van der Waals surface area contributed by atoms with Crippen molar-refractivity contribution < 1.29 is 17.9 Å². The molecule has 1 amide bonds. The Kier molecular flexibility index (Phi) is 6.63. The molecule has 0 fully saturated rings. The molecular weight excluding hydrogens is 352 g/mol. The van der Waals surface area contributed by atoms with Gasteiger partial charge in [0.05, 0.1) is 22.9 Å². The number of anilines is 2. The quantitative estimate of drug-likeness (QED) is 0.734. The number of nitrogens with one attached hydrogen (secondary N) is 2. The van der Waals surface area contributed by atoms with Crippen molar-refractivity contribution in [2.24, 2.45) is 0 Å². The highest BCUT2D eigenvalue weighted by Gasteiger charge is 2.18. The molecule has 0 heterocycles. The highest BCUT2D eigenvalue weighted by atomic mass is 32.2. The molecule has 0 aliphatic rings. The molecule has 0 saturated heterocycles. The Bertz CT molecular complexity index is 879. The lowest BCUT2D eigenvalue weighted by Gasteiger charge is -2.15. The van der Waals surface area contributed by atoms with Crippen LogP contribution >= 0.6 is 0 Å². The first-order valence-corrected chi connectivity index (χ1v) is 10.1. The largest absolute Gasteiger partial charge is 0.492 e. The summed E-state index contributed by atoms with van der Waals surface area (Å²) in [6.07, 6.45) is 0.991. The van der Waals surface area contributed by atoms with E-state index in [4.69, 9.17) is 4.74 Å². The number of benzene rings is 2. The standard InChI is InChI=1S/C19H24N2O4S/c1-4-14-9-7-8-10-16(14)21-26(23,24)15-11-12-18(25-6-3)17(13-15)20-19(22)5-2/h7-13,21H,4-6H2,1-3H3,(H,20,22). The van der Waals surface area contributed by atoms with Gasteiger partial charge in [-0.25, -0.2) is 8.42 Å². The molecule has 0 bridgehead atoms.